The maximum atomic E-state index is 5.73. The van der Waals surface area contributed by atoms with Gasteiger partial charge in [-0.1, -0.05) is 37.3 Å². The van der Waals surface area contributed by atoms with Crippen molar-refractivity contribution in [1.29, 1.82) is 0 Å². The van der Waals surface area contributed by atoms with Gasteiger partial charge in [-0.15, -0.1) is 11.3 Å². The van der Waals surface area contributed by atoms with E-state index in [9.17, 15) is 0 Å². The van der Waals surface area contributed by atoms with Crippen LogP contribution in [0.2, 0.25) is 0 Å². The molecule has 2 unspecified atom stereocenters. The summed E-state index contributed by atoms with van der Waals surface area (Å²) in [5, 5.41) is 3.30. The fourth-order valence-corrected chi connectivity index (χ4v) is 3.54. The maximum absolute atomic E-state index is 5.73. The van der Waals surface area contributed by atoms with Crippen LogP contribution in [0.5, 0.6) is 0 Å². The number of nitrogens with zero attached hydrogens (tertiary/aromatic N) is 1. The summed E-state index contributed by atoms with van der Waals surface area (Å²) in [6, 6.07) is 10.7. The molecular formula is C16H21N3S. The number of rotatable bonds is 6. The molecule has 0 spiro atoms. The van der Waals surface area contributed by atoms with Crippen LogP contribution in [0.4, 0.5) is 0 Å². The lowest BCUT2D eigenvalue weighted by Crippen LogP contribution is -2.42. The third kappa shape index (κ3) is 3.08. The van der Waals surface area contributed by atoms with Crippen LogP contribution >= 0.6 is 11.3 Å². The number of nitrogens with two attached hydrogens (primary N) is 1. The topological polar surface area (TPSA) is 50.9 Å². The average molecular weight is 287 g/mol. The second-order valence-corrected chi connectivity index (χ2v) is 6.61. The summed E-state index contributed by atoms with van der Waals surface area (Å²) in [6.45, 7) is 2.30. The first kappa shape index (κ1) is 13.7. The summed E-state index contributed by atoms with van der Waals surface area (Å²) in [5.41, 5.74) is 5.24. The minimum atomic E-state index is 0.331. The lowest BCUT2D eigenvalue weighted by molar-refractivity contribution is 0.343. The average Bonchev–Trinajstić information content (AvgIpc) is 3.24. The molecule has 0 bridgehead atoms. The molecule has 106 valence electrons. The number of nitrogens with one attached hydrogen (secondary N) is 1. The molecule has 0 radical (unpaired) electrons. The van der Waals surface area contributed by atoms with Crippen molar-refractivity contribution in [2.24, 2.45) is 17.7 Å². The van der Waals surface area contributed by atoms with E-state index in [1.807, 2.05) is 18.2 Å². The van der Waals surface area contributed by atoms with Crippen molar-refractivity contribution < 1.29 is 0 Å². The highest BCUT2D eigenvalue weighted by Gasteiger charge is 2.33. The predicted molar refractivity (Wildman–Crippen MR) is 84.3 cm³/mol. The van der Waals surface area contributed by atoms with E-state index in [1.54, 1.807) is 11.3 Å². The number of hydrogen-bond acceptors (Lipinski definition) is 4. The van der Waals surface area contributed by atoms with E-state index >= 15 is 0 Å². The van der Waals surface area contributed by atoms with Gasteiger partial charge in [-0.05, 0) is 24.7 Å². The summed E-state index contributed by atoms with van der Waals surface area (Å²) >= 11 is 1.73. The molecule has 2 atom stereocenters. The van der Waals surface area contributed by atoms with Gasteiger partial charge in [0.25, 0.3) is 0 Å². The number of aromatic nitrogens is 1. The molecule has 20 heavy (non-hydrogen) atoms. The van der Waals surface area contributed by atoms with Crippen molar-refractivity contribution in [2.45, 2.75) is 32.2 Å². The van der Waals surface area contributed by atoms with Gasteiger partial charge in [0.1, 0.15) is 0 Å². The highest BCUT2D eigenvalue weighted by Crippen LogP contribution is 2.38. The molecule has 1 fully saturated rings. The monoisotopic (exact) mass is 287 g/mol. The van der Waals surface area contributed by atoms with Crippen LogP contribution in [0, 0.1) is 11.8 Å². The van der Waals surface area contributed by atoms with Crippen LogP contribution < -0.4 is 11.3 Å². The Kier molecular flexibility index (Phi) is 4.15. The van der Waals surface area contributed by atoms with E-state index < -0.39 is 0 Å². The first-order chi connectivity index (χ1) is 9.78. The van der Waals surface area contributed by atoms with Crippen LogP contribution in [0.15, 0.2) is 35.7 Å². The minimum Gasteiger partial charge on any atom is -0.271 e. The molecule has 1 aliphatic carbocycles. The zero-order chi connectivity index (χ0) is 13.9. The molecular weight excluding hydrogens is 266 g/mol. The highest BCUT2D eigenvalue weighted by atomic mass is 32.1. The molecule has 3 nitrogen and oxygen atoms in total. The Hall–Kier alpha value is -1.23. The van der Waals surface area contributed by atoms with Gasteiger partial charge in [-0.2, -0.15) is 0 Å². The van der Waals surface area contributed by atoms with Gasteiger partial charge in [-0.3, -0.25) is 11.3 Å². The Balaban J connectivity index is 1.70. The second kappa shape index (κ2) is 6.04. The number of hydrazine groups is 1. The quantitative estimate of drug-likeness (QED) is 0.633. The summed E-state index contributed by atoms with van der Waals surface area (Å²) in [6.07, 6.45) is 3.63. The molecule has 3 rings (SSSR count). The van der Waals surface area contributed by atoms with E-state index in [-0.39, 0.29) is 0 Å². The van der Waals surface area contributed by atoms with Gasteiger partial charge in [-0.25, -0.2) is 4.98 Å². The summed E-state index contributed by atoms with van der Waals surface area (Å²) < 4.78 is 0. The molecule has 0 amide bonds. The Morgan fingerprint density at radius 3 is 2.75 bits per heavy atom. The van der Waals surface area contributed by atoms with Crippen molar-refractivity contribution in [3.63, 3.8) is 0 Å². The van der Waals surface area contributed by atoms with Gasteiger partial charge < -0.3 is 0 Å². The summed E-state index contributed by atoms with van der Waals surface area (Å²) in [7, 11) is 0. The first-order valence-corrected chi connectivity index (χ1v) is 8.12. The van der Waals surface area contributed by atoms with Crippen molar-refractivity contribution in [3.8, 4) is 11.3 Å². The van der Waals surface area contributed by atoms with Crippen molar-refractivity contribution in [1.82, 2.24) is 10.4 Å². The van der Waals surface area contributed by atoms with E-state index in [1.165, 1.54) is 23.4 Å². The van der Waals surface area contributed by atoms with Gasteiger partial charge in [0.15, 0.2) is 0 Å². The largest absolute Gasteiger partial charge is 0.271 e. The zero-order valence-electron chi connectivity index (χ0n) is 11.8. The lowest BCUT2D eigenvalue weighted by Gasteiger charge is -2.21. The van der Waals surface area contributed by atoms with Gasteiger partial charge in [0, 0.05) is 23.4 Å². The van der Waals surface area contributed by atoms with Gasteiger partial charge >= 0.3 is 0 Å². The van der Waals surface area contributed by atoms with Crippen LogP contribution in [0.1, 0.15) is 24.8 Å². The van der Waals surface area contributed by atoms with E-state index in [4.69, 9.17) is 10.8 Å². The molecule has 1 aromatic carbocycles. The Morgan fingerprint density at radius 2 is 2.10 bits per heavy atom. The maximum Gasteiger partial charge on any atom is 0.0948 e. The third-order valence-electron chi connectivity index (χ3n) is 4.23. The smallest absolute Gasteiger partial charge is 0.0948 e. The van der Waals surface area contributed by atoms with Crippen LogP contribution in [0.25, 0.3) is 11.3 Å². The Bertz CT molecular complexity index is 548. The molecule has 3 N–H and O–H groups in total. The minimum absolute atomic E-state index is 0.331. The van der Waals surface area contributed by atoms with Crippen LogP contribution in [0.3, 0.4) is 0 Å². The molecule has 1 aliphatic rings. The van der Waals surface area contributed by atoms with Crippen molar-refractivity contribution >= 4 is 11.3 Å². The molecule has 0 saturated heterocycles. The highest BCUT2D eigenvalue weighted by molar-refractivity contribution is 7.09. The number of hydrogen-bond donors (Lipinski definition) is 2. The molecule has 4 heteroatoms. The fraction of sp³-hybridized carbons (Fsp3) is 0.438. The van der Waals surface area contributed by atoms with Crippen LogP contribution in [-0.4, -0.2) is 11.0 Å². The lowest BCUT2D eigenvalue weighted by atomic mass is 9.95. The summed E-state index contributed by atoms with van der Waals surface area (Å²) in [5.74, 6) is 7.21. The molecule has 2 aromatic rings. The van der Waals surface area contributed by atoms with E-state index in [0.717, 1.165) is 18.0 Å². The Labute approximate surface area is 124 Å². The predicted octanol–water partition coefficient (Wildman–Crippen LogP) is 3.23. The summed E-state index contributed by atoms with van der Waals surface area (Å²) in [4.78, 5) is 4.75. The molecule has 1 aromatic heterocycles. The second-order valence-electron chi connectivity index (χ2n) is 5.67. The van der Waals surface area contributed by atoms with Crippen LogP contribution in [-0.2, 0) is 6.42 Å². The van der Waals surface area contributed by atoms with Crippen molar-refractivity contribution in [2.75, 3.05) is 0 Å². The van der Waals surface area contributed by atoms with Gasteiger partial charge in [0.2, 0.25) is 0 Å². The normalized spacial score (nSPS) is 17.9. The van der Waals surface area contributed by atoms with Gasteiger partial charge in [0.05, 0.1) is 10.7 Å². The van der Waals surface area contributed by atoms with E-state index in [2.05, 4.69) is 29.9 Å². The molecule has 1 heterocycles. The standard InChI is InChI=1S/C16H21N3S/c1-11(12-7-8-12)14(19-17)9-16-18-15(10-20-16)13-5-3-2-4-6-13/h2-6,10-12,14,19H,7-9,17H2,1H3. The molecule has 0 aliphatic heterocycles. The Morgan fingerprint density at radius 1 is 1.35 bits per heavy atom. The van der Waals surface area contributed by atoms with E-state index in [0.29, 0.717) is 12.0 Å². The zero-order valence-corrected chi connectivity index (χ0v) is 12.6. The number of thiazole rings is 1. The molecule has 1 saturated carbocycles. The fourth-order valence-electron chi connectivity index (χ4n) is 2.68. The van der Waals surface area contributed by atoms with Crippen molar-refractivity contribution in [3.05, 3.63) is 40.7 Å². The first-order valence-electron chi connectivity index (χ1n) is 7.24. The number of benzene rings is 1. The third-order valence-corrected chi connectivity index (χ3v) is 5.10. The SMILES string of the molecule is CC(C1CC1)C(Cc1nc(-c2ccccc2)cs1)NN.